The molecule has 31 heavy (non-hydrogen) atoms. The van der Waals surface area contributed by atoms with E-state index in [-0.39, 0.29) is 17.3 Å². The smallest absolute Gasteiger partial charge is 0.262 e. The van der Waals surface area contributed by atoms with Crippen molar-refractivity contribution in [2.75, 3.05) is 6.54 Å². The van der Waals surface area contributed by atoms with Crippen molar-refractivity contribution in [3.8, 4) is 0 Å². The number of carbonyl (C=O) groups excluding carboxylic acids is 1. The monoisotopic (exact) mass is 433 g/mol. The molecule has 4 aromatic rings. The van der Waals surface area contributed by atoms with E-state index < -0.39 is 0 Å². The van der Waals surface area contributed by atoms with Gasteiger partial charge >= 0.3 is 0 Å². The average Bonchev–Trinajstić information content (AvgIpc) is 3.18. The normalized spacial score (nSPS) is 13.4. The van der Waals surface area contributed by atoms with E-state index in [4.69, 9.17) is 0 Å². The zero-order chi connectivity index (χ0) is 21.4. The molecule has 2 aromatic carbocycles. The van der Waals surface area contributed by atoms with E-state index in [1.807, 2.05) is 18.2 Å². The van der Waals surface area contributed by atoms with Gasteiger partial charge in [0.1, 0.15) is 10.6 Å². The molecule has 0 saturated carbocycles. The molecule has 2 aromatic heterocycles. The third-order valence-corrected chi connectivity index (χ3v) is 6.81. The van der Waals surface area contributed by atoms with E-state index >= 15 is 0 Å². The highest BCUT2D eigenvalue weighted by molar-refractivity contribution is 7.18. The molecule has 0 aliphatic carbocycles. The quantitative estimate of drug-likeness (QED) is 0.488. The molecule has 1 aliphatic rings. The van der Waals surface area contributed by atoms with Crippen LogP contribution in [-0.4, -0.2) is 26.9 Å². The number of hydrogen-bond donors (Lipinski definition) is 0. The topological polar surface area (TPSA) is 55.2 Å². The molecule has 5 nitrogen and oxygen atoms in total. The highest BCUT2D eigenvalue weighted by Gasteiger charge is 2.27. The molecule has 5 rings (SSSR count). The summed E-state index contributed by atoms with van der Waals surface area (Å²) in [7, 11) is 0. The number of halogens is 1. The molecule has 0 spiro atoms. The summed E-state index contributed by atoms with van der Waals surface area (Å²) in [4.78, 5) is 34.0. The third kappa shape index (κ3) is 3.77. The van der Waals surface area contributed by atoms with E-state index in [0.29, 0.717) is 37.0 Å². The molecule has 0 N–H and O–H groups in total. The molecule has 0 atom stereocenters. The Labute approximate surface area is 182 Å². The predicted octanol–water partition coefficient (Wildman–Crippen LogP) is 4.04. The van der Waals surface area contributed by atoms with Crippen molar-refractivity contribution in [1.29, 1.82) is 0 Å². The Hall–Kier alpha value is -3.32. The summed E-state index contributed by atoms with van der Waals surface area (Å²) in [5.41, 5.74) is 2.63. The zero-order valence-electron chi connectivity index (χ0n) is 16.8. The Kier molecular flexibility index (Phi) is 5.11. The van der Waals surface area contributed by atoms with Crippen molar-refractivity contribution >= 4 is 27.5 Å². The minimum absolute atomic E-state index is 0.0169. The van der Waals surface area contributed by atoms with Crippen molar-refractivity contribution in [3.05, 3.63) is 98.7 Å². The lowest BCUT2D eigenvalue weighted by Crippen LogP contribution is -2.35. The number of aromatic nitrogens is 2. The Morgan fingerprint density at radius 3 is 2.65 bits per heavy atom. The number of fused-ring (bicyclic) bond motifs is 3. The van der Waals surface area contributed by atoms with Gasteiger partial charge in [0.2, 0.25) is 0 Å². The van der Waals surface area contributed by atoms with Gasteiger partial charge in [0.05, 0.1) is 18.3 Å². The van der Waals surface area contributed by atoms with Crippen LogP contribution in [0.4, 0.5) is 4.39 Å². The fourth-order valence-corrected chi connectivity index (χ4v) is 5.21. The van der Waals surface area contributed by atoms with Gasteiger partial charge in [-0.15, -0.1) is 11.3 Å². The second kappa shape index (κ2) is 8.07. The first-order valence-corrected chi connectivity index (χ1v) is 11.0. The summed E-state index contributed by atoms with van der Waals surface area (Å²) < 4.78 is 14.8. The van der Waals surface area contributed by atoms with Crippen molar-refractivity contribution < 1.29 is 9.18 Å². The summed E-state index contributed by atoms with van der Waals surface area (Å²) in [5, 5.41) is 0.685. The van der Waals surface area contributed by atoms with Crippen LogP contribution in [0.3, 0.4) is 0 Å². The van der Waals surface area contributed by atoms with Crippen LogP contribution in [0.2, 0.25) is 0 Å². The average molecular weight is 434 g/mol. The van der Waals surface area contributed by atoms with Gasteiger partial charge in [0, 0.05) is 23.5 Å². The standard InChI is InChI=1S/C24H20FN3O2S/c25-18-8-6-17(7-9-18)23(29)27-13-11-19-20(14-27)31-22-21(19)24(30)28(15-26-22)12-10-16-4-2-1-3-5-16/h1-9,15H,10-14H2. The van der Waals surface area contributed by atoms with Crippen molar-refractivity contribution in [1.82, 2.24) is 14.5 Å². The van der Waals surface area contributed by atoms with Crippen LogP contribution in [0.5, 0.6) is 0 Å². The zero-order valence-corrected chi connectivity index (χ0v) is 17.6. The number of amides is 1. The SMILES string of the molecule is O=C(c1ccc(F)cc1)N1CCc2c(sc3ncn(CCc4ccccc4)c(=O)c23)C1. The predicted molar refractivity (Wildman–Crippen MR) is 119 cm³/mol. The Morgan fingerprint density at radius 1 is 1.10 bits per heavy atom. The van der Waals surface area contributed by atoms with Gasteiger partial charge in [0.25, 0.3) is 11.5 Å². The van der Waals surface area contributed by atoms with Crippen LogP contribution in [0, 0.1) is 5.82 Å². The van der Waals surface area contributed by atoms with Gasteiger partial charge in [0.15, 0.2) is 0 Å². The first-order valence-electron chi connectivity index (χ1n) is 10.2. The van der Waals surface area contributed by atoms with E-state index in [0.717, 1.165) is 21.7 Å². The van der Waals surface area contributed by atoms with Crippen LogP contribution in [0.1, 0.15) is 26.4 Å². The Balaban J connectivity index is 1.40. The first-order chi connectivity index (χ1) is 15.1. The molecule has 0 fully saturated rings. The summed E-state index contributed by atoms with van der Waals surface area (Å²) in [6.07, 6.45) is 3.00. The van der Waals surface area contributed by atoms with Crippen molar-refractivity contribution in [2.24, 2.45) is 0 Å². The van der Waals surface area contributed by atoms with Gasteiger partial charge in [-0.1, -0.05) is 30.3 Å². The lowest BCUT2D eigenvalue weighted by molar-refractivity contribution is 0.0737. The fourth-order valence-electron chi connectivity index (χ4n) is 4.02. The minimum atomic E-state index is -0.364. The molecule has 0 radical (unpaired) electrons. The third-order valence-electron chi connectivity index (χ3n) is 5.69. The van der Waals surface area contributed by atoms with Gasteiger partial charge in [-0.3, -0.25) is 14.2 Å². The van der Waals surface area contributed by atoms with E-state index in [9.17, 15) is 14.0 Å². The number of thiophene rings is 1. The number of hydrogen-bond acceptors (Lipinski definition) is 4. The van der Waals surface area contributed by atoms with E-state index in [1.54, 1.807) is 15.8 Å². The second-order valence-corrected chi connectivity index (χ2v) is 8.73. The maximum absolute atomic E-state index is 13.2. The summed E-state index contributed by atoms with van der Waals surface area (Å²) >= 11 is 1.48. The van der Waals surface area contributed by atoms with Crippen LogP contribution < -0.4 is 5.56 Å². The van der Waals surface area contributed by atoms with Gasteiger partial charge < -0.3 is 4.90 Å². The largest absolute Gasteiger partial charge is 0.333 e. The van der Waals surface area contributed by atoms with Gasteiger partial charge in [-0.25, -0.2) is 9.37 Å². The van der Waals surface area contributed by atoms with Crippen molar-refractivity contribution in [3.63, 3.8) is 0 Å². The Morgan fingerprint density at radius 2 is 1.87 bits per heavy atom. The molecular weight excluding hydrogens is 413 g/mol. The number of nitrogens with zero attached hydrogens (tertiary/aromatic N) is 3. The first kappa shape index (κ1) is 19.6. The molecular formula is C24H20FN3O2S. The second-order valence-electron chi connectivity index (χ2n) is 7.65. The van der Waals surface area contributed by atoms with Crippen molar-refractivity contribution in [2.45, 2.75) is 25.9 Å². The van der Waals surface area contributed by atoms with Gasteiger partial charge in [-0.05, 0) is 48.2 Å². The molecule has 0 unspecified atom stereocenters. The van der Waals surface area contributed by atoms with Crippen LogP contribution in [-0.2, 0) is 25.9 Å². The van der Waals surface area contributed by atoms with E-state index in [1.165, 1.54) is 41.2 Å². The lowest BCUT2D eigenvalue weighted by atomic mass is 10.0. The van der Waals surface area contributed by atoms with Crippen LogP contribution in [0.25, 0.3) is 10.2 Å². The molecule has 0 saturated heterocycles. The molecule has 0 bridgehead atoms. The van der Waals surface area contributed by atoms with Crippen LogP contribution >= 0.6 is 11.3 Å². The number of rotatable bonds is 4. The molecule has 156 valence electrons. The maximum Gasteiger partial charge on any atom is 0.262 e. The summed E-state index contributed by atoms with van der Waals surface area (Å²) in [6.45, 7) is 1.54. The number of aryl methyl sites for hydroxylation is 2. The van der Waals surface area contributed by atoms with Gasteiger partial charge in [-0.2, -0.15) is 0 Å². The number of benzene rings is 2. The highest BCUT2D eigenvalue weighted by Crippen LogP contribution is 2.32. The number of carbonyl (C=O) groups is 1. The highest BCUT2D eigenvalue weighted by atomic mass is 32.1. The van der Waals surface area contributed by atoms with Crippen LogP contribution in [0.15, 0.2) is 65.7 Å². The molecule has 1 amide bonds. The fraction of sp³-hybridized carbons (Fsp3) is 0.208. The van der Waals surface area contributed by atoms with E-state index in [2.05, 4.69) is 17.1 Å². The minimum Gasteiger partial charge on any atom is -0.333 e. The Bertz CT molecular complexity index is 1310. The summed E-state index contributed by atoms with van der Waals surface area (Å²) in [6, 6.07) is 15.7. The summed E-state index contributed by atoms with van der Waals surface area (Å²) in [5.74, 6) is -0.493. The molecule has 3 heterocycles. The molecule has 1 aliphatic heterocycles. The maximum atomic E-state index is 13.2. The lowest BCUT2D eigenvalue weighted by Gasteiger charge is -2.27. The molecule has 7 heteroatoms.